The van der Waals surface area contributed by atoms with Gasteiger partial charge in [-0.1, -0.05) is 20.3 Å². The fourth-order valence-corrected chi connectivity index (χ4v) is 7.95. The van der Waals surface area contributed by atoms with Crippen molar-refractivity contribution in [3.8, 4) is 0 Å². The van der Waals surface area contributed by atoms with E-state index in [4.69, 9.17) is 9.47 Å². The first-order valence-corrected chi connectivity index (χ1v) is 10.3. The zero-order valence-corrected chi connectivity index (χ0v) is 15.1. The van der Waals surface area contributed by atoms with Crippen molar-refractivity contribution < 1.29 is 9.47 Å². The Bertz CT molecular complexity index is 482. The summed E-state index contributed by atoms with van der Waals surface area (Å²) in [6, 6.07) is 0. The molecule has 0 aromatic rings. The first-order valence-electron chi connectivity index (χ1n) is 10.3. The van der Waals surface area contributed by atoms with Crippen LogP contribution in [0, 0.1) is 34.5 Å². The standard InChI is InChI=1S/C21H34O2/c1-19-8-3-4-17(19)16-6-5-15-14-21(22-12-13-23-21)11-10-20(15,2)18(16)7-9-19/h15-18H,3-14H2,1-2H3/t15-,16+,17+,18-,19+,20+/m1/s1. The third-order valence-corrected chi connectivity index (χ3v) is 9.26. The summed E-state index contributed by atoms with van der Waals surface area (Å²) >= 11 is 0. The van der Waals surface area contributed by atoms with Crippen molar-refractivity contribution in [1.82, 2.24) is 0 Å². The van der Waals surface area contributed by atoms with E-state index >= 15 is 0 Å². The Morgan fingerprint density at radius 3 is 2.43 bits per heavy atom. The van der Waals surface area contributed by atoms with Gasteiger partial charge in [0.15, 0.2) is 5.79 Å². The largest absolute Gasteiger partial charge is 0.348 e. The van der Waals surface area contributed by atoms with E-state index in [1.165, 1.54) is 57.8 Å². The third kappa shape index (κ3) is 2.06. The van der Waals surface area contributed by atoms with E-state index in [0.717, 1.165) is 43.3 Å². The SMILES string of the molecule is C[C@@]12CCC[C@H]1[C@@H]1CC[C@@H]3CC4(CC[C@]3(C)[C@@H]1CC2)OCCO4. The van der Waals surface area contributed by atoms with Crippen molar-refractivity contribution >= 4 is 0 Å². The molecule has 23 heavy (non-hydrogen) atoms. The Morgan fingerprint density at radius 2 is 1.61 bits per heavy atom. The van der Waals surface area contributed by atoms with E-state index in [-0.39, 0.29) is 5.79 Å². The highest BCUT2D eigenvalue weighted by Gasteiger charge is 2.60. The molecule has 6 atom stereocenters. The molecule has 130 valence electrons. The van der Waals surface area contributed by atoms with Gasteiger partial charge in [-0.2, -0.15) is 0 Å². The Hall–Kier alpha value is -0.0800. The number of rotatable bonds is 0. The summed E-state index contributed by atoms with van der Waals surface area (Å²) < 4.78 is 12.1. The predicted molar refractivity (Wildman–Crippen MR) is 91.0 cm³/mol. The van der Waals surface area contributed by atoms with E-state index < -0.39 is 0 Å². The minimum Gasteiger partial charge on any atom is -0.348 e. The van der Waals surface area contributed by atoms with Crippen molar-refractivity contribution in [2.75, 3.05) is 13.2 Å². The van der Waals surface area contributed by atoms with E-state index in [1.54, 1.807) is 0 Å². The number of hydrogen-bond donors (Lipinski definition) is 0. The summed E-state index contributed by atoms with van der Waals surface area (Å²) in [6.45, 7) is 6.89. The first kappa shape index (κ1) is 15.2. The van der Waals surface area contributed by atoms with Crippen molar-refractivity contribution in [3.63, 3.8) is 0 Å². The lowest BCUT2D eigenvalue weighted by molar-refractivity contribution is -0.229. The molecule has 0 N–H and O–H groups in total. The second-order valence-corrected chi connectivity index (χ2v) is 10.1. The van der Waals surface area contributed by atoms with Gasteiger partial charge >= 0.3 is 0 Å². The third-order valence-electron chi connectivity index (χ3n) is 9.26. The van der Waals surface area contributed by atoms with Gasteiger partial charge in [-0.25, -0.2) is 0 Å². The molecule has 0 bridgehead atoms. The molecule has 5 rings (SSSR count). The molecule has 0 amide bonds. The molecule has 0 aromatic heterocycles. The monoisotopic (exact) mass is 318 g/mol. The van der Waals surface area contributed by atoms with Gasteiger partial charge in [-0.3, -0.25) is 0 Å². The highest BCUT2D eigenvalue weighted by Crippen LogP contribution is 2.67. The summed E-state index contributed by atoms with van der Waals surface area (Å²) in [4.78, 5) is 0. The maximum Gasteiger partial charge on any atom is 0.168 e. The average Bonchev–Trinajstić information content (AvgIpc) is 3.15. The molecular formula is C21H34O2. The minimum absolute atomic E-state index is 0.187. The van der Waals surface area contributed by atoms with Crippen LogP contribution in [0.1, 0.15) is 78.1 Å². The van der Waals surface area contributed by atoms with Crippen LogP contribution in [0.2, 0.25) is 0 Å². The predicted octanol–water partition coefficient (Wildman–Crippen LogP) is 5.16. The summed E-state index contributed by atoms with van der Waals surface area (Å²) in [7, 11) is 0. The fraction of sp³-hybridized carbons (Fsp3) is 1.00. The Balaban J connectivity index is 1.41. The van der Waals surface area contributed by atoms with E-state index in [2.05, 4.69) is 13.8 Å². The molecule has 4 saturated carbocycles. The molecule has 0 radical (unpaired) electrons. The minimum atomic E-state index is -0.187. The van der Waals surface area contributed by atoms with Crippen LogP contribution >= 0.6 is 0 Å². The van der Waals surface area contributed by atoms with Gasteiger partial charge in [0.25, 0.3) is 0 Å². The summed E-state index contributed by atoms with van der Waals surface area (Å²) in [6.07, 6.45) is 14.1. The molecule has 5 aliphatic rings. The van der Waals surface area contributed by atoms with Gasteiger partial charge in [-0.05, 0) is 79.4 Å². The van der Waals surface area contributed by atoms with Gasteiger partial charge in [0.05, 0.1) is 13.2 Å². The highest BCUT2D eigenvalue weighted by molar-refractivity contribution is 5.08. The molecule has 5 fully saturated rings. The number of hydrogen-bond acceptors (Lipinski definition) is 2. The summed E-state index contributed by atoms with van der Waals surface area (Å²) in [5.74, 6) is 3.69. The fourth-order valence-electron chi connectivity index (χ4n) is 7.95. The zero-order valence-electron chi connectivity index (χ0n) is 15.1. The molecular weight excluding hydrogens is 284 g/mol. The Morgan fingerprint density at radius 1 is 0.783 bits per heavy atom. The maximum atomic E-state index is 6.07. The molecule has 1 aliphatic heterocycles. The van der Waals surface area contributed by atoms with Crippen LogP contribution < -0.4 is 0 Å². The van der Waals surface area contributed by atoms with E-state index in [1.807, 2.05) is 0 Å². The van der Waals surface area contributed by atoms with Crippen molar-refractivity contribution in [1.29, 1.82) is 0 Å². The quantitative estimate of drug-likeness (QED) is 0.614. The van der Waals surface area contributed by atoms with Crippen LogP contribution in [0.3, 0.4) is 0 Å². The average molecular weight is 319 g/mol. The van der Waals surface area contributed by atoms with Crippen LogP contribution in [-0.2, 0) is 9.47 Å². The van der Waals surface area contributed by atoms with Crippen LogP contribution in [0.25, 0.3) is 0 Å². The maximum absolute atomic E-state index is 6.07. The van der Waals surface area contributed by atoms with Crippen LogP contribution in [0.15, 0.2) is 0 Å². The Kier molecular flexibility index (Phi) is 3.29. The Labute approximate surface area is 141 Å². The first-order chi connectivity index (χ1) is 11.0. The lowest BCUT2D eigenvalue weighted by Gasteiger charge is -2.61. The molecule has 4 aliphatic carbocycles. The van der Waals surface area contributed by atoms with Gasteiger partial charge in [-0.15, -0.1) is 0 Å². The second kappa shape index (κ2) is 4.97. The van der Waals surface area contributed by atoms with Crippen molar-refractivity contribution in [3.05, 3.63) is 0 Å². The molecule has 2 nitrogen and oxygen atoms in total. The van der Waals surface area contributed by atoms with Gasteiger partial charge in [0, 0.05) is 12.8 Å². The summed E-state index contributed by atoms with van der Waals surface area (Å²) in [5.41, 5.74) is 1.26. The van der Waals surface area contributed by atoms with Gasteiger partial charge in [0.2, 0.25) is 0 Å². The number of fused-ring (bicyclic) bond motifs is 5. The highest BCUT2D eigenvalue weighted by atomic mass is 16.7. The van der Waals surface area contributed by atoms with Crippen LogP contribution in [0.5, 0.6) is 0 Å². The lowest BCUT2D eigenvalue weighted by atomic mass is 9.45. The molecule has 0 aromatic carbocycles. The van der Waals surface area contributed by atoms with Crippen LogP contribution in [0.4, 0.5) is 0 Å². The van der Waals surface area contributed by atoms with Crippen molar-refractivity contribution in [2.24, 2.45) is 34.5 Å². The zero-order chi connectivity index (χ0) is 15.7. The normalized spacial score (nSPS) is 54.5. The molecule has 1 heterocycles. The van der Waals surface area contributed by atoms with Gasteiger partial charge < -0.3 is 9.47 Å². The lowest BCUT2D eigenvalue weighted by Crippen LogP contribution is -2.55. The smallest absolute Gasteiger partial charge is 0.168 e. The molecule has 0 unspecified atom stereocenters. The topological polar surface area (TPSA) is 18.5 Å². The van der Waals surface area contributed by atoms with Crippen molar-refractivity contribution in [2.45, 2.75) is 83.8 Å². The van der Waals surface area contributed by atoms with Crippen LogP contribution in [-0.4, -0.2) is 19.0 Å². The molecule has 1 saturated heterocycles. The van der Waals surface area contributed by atoms with E-state index in [0.29, 0.717) is 10.8 Å². The molecule has 1 spiro atoms. The van der Waals surface area contributed by atoms with Gasteiger partial charge in [0.1, 0.15) is 0 Å². The second-order valence-electron chi connectivity index (χ2n) is 10.1. The van der Waals surface area contributed by atoms with E-state index in [9.17, 15) is 0 Å². The summed E-state index contributed by atoms with van der Waals surface area (Å²) in [5, 5.41) is 0. The molecule has 2 heteroatoms. The number of ether oxygens (including phenoxy) is 2.